The van der Waals surface area contributed by atoms with Gasteiger partial charge in [0.15, 0.2) is 0 Å². The van der Waals surface area contributed by atoms with Crippen LogP contribution < -0.4 is 0 Å². The molecule has 1 heteroatoms. The van der Waals surface area contributed by atoms with Crippen LogP contribution in [0.25, 0.3) is 12.2 Å². The zero-order chi connectivity index (χ0) is 13.4. The minimum Gasteiger partial charge on any atom is -0.174 e. The van der Waals surface area contributed by atoms with E-state index in [0.717, 1.165) is 0 Å². The van der Waals surface area contributed by atoms with Crippen LogP contribution in [0, 0.1) is 0 Å². The maximum Gasteiger partial charge on any atom is 2.00 e. The maximum atomic E-state index is 2.17. The molecule has 0 saturated heterocycles. The van der Waals surface area contributed by atoms with Crippen LogP contribution in [0.2, 0.25) is 0 Å². The van der Waals surface area contributed by atoms with Crippen molar-refractivity contribution in [1.29, 1.82) is 0 Å². The summed E-state index contributed by atoms with van der Waals surface area (Å²) in [5.41, 5.74) is 5.30. The number of hydrogen-bond donors (Lipinski definition) is 0. The molecule has 2 aromatic carbocycles. The summed E-state index contributed by atoms with van der Waals surface area (Å²) in [6.45, 7) is 8.42. The summed E-state index contributed by atoms with van der Waals surface area (Å²) in [4.78, 5) is 0. The van der Waals surface area contributed by atoms with Gasteiger partial charge in [-0.2, -0.15) is 24.3 Å². The zero-order valence-corrected chi connectivity index (χ0v) is 13.2. The Bertz CT molecular complexity index is 426. The Balaban J connectivity index is 0.000000324. The third-order valence-electron chi connectivity index (χ3n) is 2.29. The molecule has 0 aromatic heterocycles. The molecule has 19 heavy (non-hydrogen) atoms. The molecule has 0 amide bonds. The molecule has 0 bridgehead atoms. The van der Waals surface area contributed by atoms with Crippen LogP contribution in [0.1, 0.15) is 38.8 Å². The minimum absolute atomic E-state index is 0. The summed E-state index contributed by atoms with van der Waals surface area (Å²) in [5.74, 6) is 0. The molecule has 2 aromatic rings. The first-order valence-corrected chi connectivity index (χ1v) is 6.31. The molecule has 0 aliphatic heterocycles. The summed E-state index contributed by atoms with van der Waals surface area (Å²) < 4.78 is 0. The monoisotopic (exact) mass is 294 g/mol. The molecule has 0 aliphatic rings. The molecule has 0 nitrogen and oxygen atoms in total. The molecule has 0 unspecified atom stereocenters. The van der Waals surface area contributed by atoms with E-state index >= 15 is 0 Å². The topological polar surface area (TPSA) is 0 Å². The third kappa shape index (κ3) is 8.42. The molecular formula is C18H22Fe. The Hall–Kier alpha value is -1.30. The van der Waals surface area contributed by atoms with Gasteiger partial charge in [-0.05, 0) is 0 Å². The Morgan fingerprint density at radius 1 is 0.632 bits per heavy atom. The number of rotatable bonds is 2. The van der Waals surface area contributed by atoms with Gasteiger partial charge in [0.1, 0.15) is 0 Å². The van der Waals surface area contributed by atoms with Gasteiger partial charge in [-0.15, -0.1) is 58.7 Å². The van der Waals surface area contributed by atoms with Crippen molar-refractivity contribution in [3.63, 3.8) is 0 Å². The average Bonchev–Trinajstić information content (AvgIpc) is 2.90. The summed E-state index contributed by atoms with van der Waals surface area (Å²) in [6, 6.07) is 16.6. The Labute approximate surface area is 128 Å². The van der Waals surface area contributed by atoms with E-state index in [-0.39, 0.29) is 17.1 Å². The molecular weight excluding hydrogens is 272 g/mol. The Morgan fingerprint density at radius 2 is 0.895 bits per heavy atom. The van der Waals surface area contributed by atoms with Crippen LogP contribution in [-0.2, 0) is 17.1 Å². The Kier molecular flexibility index (Phi) is 8.95. The number of allylic oxidation sites excluding steroid dienone is 2. The van der Waals surface area contributed by atoms with Crippen molar-refractivity contribution >= 4 is 12.2 Å². The SMILES string of the molecule is CC(C)=C[c-]1cccc1.CC(C)=C[c-]1cccc1.[Fe+2]. The van der Waals surface area contributed by atoms with Crippen LogP contribution in [-0.4, -0.2) is 0 Å². The van der Waals surface area contributed by atoms with Crippen LogP contribution in [0.3, 0.4) is 0 Å². The molecule has 0 atom stereocenters. The summed E-state index contributed by atoms with van der Waals surface area (Å²) >= 11 is 0. The molecule has 0 fully saturated rings. The molecule has 102 valence electrons. The van der Waals surface area contributed by atoms with E-state index in [4.69, 9.17) is 0 Å². The van der Waals surface area contributed by atoms with Crippen molar-refractivity contribution in [3.05, 3.63) is 70.8 Å². The fraction of sp³-hybridized carbons (Fsp3) is 0.222. The first-order valence-electron chi connectivity index (χ1n) is 6.31. The summed E-state index contributed by atoms with van der Waals surface area (Å²) in [5, 5.41) is 0. The second kappa shape index (κ2) is 9.61. The van der Waals surface area contributed by atoms with Crippen molar-refractivity contribution < 1.29 is 17.1 Å². The normalized spacial score (nSPS) is 8.63. The fourth-order valence-corrected chi connectivity index (χ4v) is 1.64. The molecule has 0 N–H and O–H groups in total. The van der Waals surface area contributed by atoms with Gasteiger partial charge < -0.3 is 0 Å². The molecule has 0 spiro atoms. The predicted molar refractivity (Wildman–Crippen MR) is 82.7 cm³/mol. The van der Waals surface area contributed by atoms with Crippen molar-refractivity contribution in [2.45, 2.75) is 27.7 Å². The van der Waals surface area contributed by atoms with Gasteiger partial charge in [-0.3, -0.25) is 0 Å². The van der Waals surface area contributed by atoms with E-state index in [2.05, 4.69) is 88.4 Å². The van der Waals surface area contributed by atoms with E-state index in [0.29, 0.717) is 0 Å². The number of hydrogen-bond acceptors (Lipinski definition) is 0. The minimum atomic E-state index is 0. The van der Waals surface area contributed by atoms with Crippen molar-refractivity contribution in [2.24, 2.45) is 0 Å². The van der Waals surface area contributed by atoms with E-state index in [1.807, 2.05) is 0 Å². The van der Waals surface area contributed by atoms with Gasteiger partial charge in [0.05, 0.1) is 0 Å². The van der Waals surface area contributed by atoms with Crippen LogP contribution in [0.15, 0.2) is 59.7 Å². The zero-order valence-electron chi connectivity index (χ0n) is 12.1. The quantitative estimate of drug-likeness (QED) is 0.495. The van der Waals surface area contributed by atoms with Crippen LogP contribution in [0.5, 0.6) is 0 Å². The van der Waals surface area contributed by atoms with Gasteiger partial charge in [0.2, 0.25) is 0 Å². The standard InChI is InChI=1S/2C9H11.Fe/c2*1-8(2)7-9-5-3-4-6-9;/h2*3-7H,1-2H3;/q2*-1;+2. The molecule has 0 aliphatic carbocycles. The first kappa shape index (κ1) is 17.7. The van der Waals surface area contributed by atoms with E-state index in [1.54, 1.807) is 0 Å². The van der Waals surface area contributed by atoms with Gasteiger partial charge in [0.25, 0.3) is 0 Å². The van der Waals surface area contributed by atoms with Gasteiger partial charge in [0, 0.05) is 0 Å². The van der Waals surface area contributed by atoms with Crippen LogP contribution in [0.4, 0.5) is 0 Å². The second-order valence-corrected chi connectivity index (χ2v) is 4.88. The van der Waals surface area contributed by atoms with Crippen molar-refractivity contribution in [2.75, 3.05) is 0 Å². The molecule has 2 rings (SSSR count). The summed E-state index contributed by atoms with van der Waals surface area (Å²) in [7, 11) is 0. The van der Waals surface area contributed by atoms with E-state index in [9.17, 15) is 0 Å². The molecule has 0 saturated carbocycles. The smallest absolute Gasteiger partial charge is 0.174 e. The fourth-order valence-electron chi connectivity index (χ4n) is 1.64. The van der Waals surface area contributed by atoms with Crippen molar-refractivity contribution in [3.8, 4) is 0 Å². The second-order valence-electron chi connectivity index (χ2n) is 4.88. The summed E-state index contributed by atoms with van der Waals surface area (Å²) in [6.07, 6.45) is 4.33. The predicted octanol–water partition coefficient (Wildman–Crippen LogP) is 5.65. The third-order valence-corrected chi connectivity index (χ3v) is 2.29. The maximum absolute atomic E-state index is 2.17. The average molecular weight is 294 g/mol. The molecule has 0 radical (unpaired) electrons. The largest absolute Gasteiger partial charge is 2.00 e. The molecule has 0 heterocycles. The van der Waals surface area contributed by atoms with Gasteiger partial charge >= 0.3 is 17.1 Å². The van der Waals surface area contributed by atoms with Crippen molar-refractivity contribution in [1.82, 2.24) is 0 Å². The van der Waals surface area contributed by atoms with E-state index in [1.165, 1.54) is 22.3 Å². The Morgan fingerprint density at radius 3 is 1.11 bits per heavy atom. The van der Waals surface area contributed by atoms with Crippen LogP contribution >= 0.6 is 0 Å². The first-order chi connectivity index (χ1) is 8.58. The van der Waals surface area contributed by atoms with Gasteiger partial charge in [-0.1, -0.05) is 27.7 Å². The van der Waals surface area contributed by atoms with E-state index < -0.39 is 0 Å². The van der Waals surface area contributed by atoms with Gasteiger partial charge in [-0.25, -0.2) is 0 Å².